The van der Waals surface area contributed by atoms with E-state index in [1.807, 2.05) is 0 Å². The molecule has 0 radical (unpaired) electrons. The molecule has 86 valence electrons. The number of hydrogen-bond donors (Lipinski definition) is 1. The average molecular weight is 248 g/mol. The highest BCUT2D eigenvalue weighted by Crippen LogP contribution is 2.24. The van der Waals surface area contributed by atoms with Gasteiger partial charge in [-0.1, -0.05) is 17.7 Å². The Balaban J connectivity index is 2.16. The van der Waals surface area contributed by atoms with Crippen molar-refractivity contribution >= 4 is 17.5 Å². The van der Waals surface area contributed by atoms with Crippen molar-refractivity contribution in [2.45, 2.75) is 0 Å². The lowest BCUT2D eigenvalue weighted by atomic mass is 10.2. The first kappa shape index (κ1) is 11.5. The number of benzene rings is 2. The predicted molar refractivity (Wildman–Crippen MR) is 66.5 cm³/mol. The largest absolute Gasteiger partial charge is 0.457 e. The van der Waals surface area contributed by atoms with E-state index in [0.717, 1.165) is 0 Å². The van der Waals surface area contributed by atoms with Gasteiger partial charge < -0.3 is 10.5 Å². The second-order valence-corrected chi connectivity index (χ2v) is 3.88. The summed E-state index contributed by atoms with van der Waals surface area (Å²) in [7, 11) is 0. The van der Waals surface area contributed by atoms with Gasteiger partial charge in [-0.15, -0.1) is 0 Å². The van der Waals surface area contributed by atoms with Crippen LogP contribution in [0.2, 0.25) is 5.02 Å². The predicted octanol–water partition coefficient (Wildman–Crippen LogP) is 3.23. The minimum Gasteiger partial charge on any atom is -0.457 e. The average Bonchev–Trinajstić information content (AvgIpc) is 2.29. The molecular formula is C13H10ClNO2. The molecule has 0 atom stereocenters. The zero-order chi connectivity index (χ0) is 12.3. The molecule has 0 aliphatic heterocycles. The van der Waals surface area contributed by atoms with E-state index >= 15 is 0 Å². The second kappa shape index (κ2) is 4.89. The third kappa shape index (κ3) is 2.98. The van der Waals surface area contributed by atoms with Crippen LogP contribution < -0.4 is 10.5 Å². The van der Waals surface area contributed by atoms with Gasteiger partial charge in [0.25, 0.3) is 0 Å². The van der Waals surface area contributed by atoms with E-state index in [0.29, 0.717) is 22.1 Å². The van der Waals surface area contributed by atoms with Crippen molar-refractivity contribution in [3.63, 3.8) is 0 Å². The lowest BCUT2D eigenvalue weighted by Gasteiger charge is -2.06. The number of carbonyl (C=O) groups is 1. The summed E-state index contributed by atoms with van der Waals surface area (Å²) < 4.78 is 5.56. The Bertz CT molecular complexity index is 537. The van der Waals surface area contributed by atoms with Crippen molar-refractivity contribution in [1.82, 2.24) is 0 Å². The zero-order valence-electron chi connectivity index (χ0n) is 8.89. The standard InChI is InChI=1S/C13H10ClNO2/c14-10-2-1-3-12(8-10)17-11-6-4-9(5-7-11)13(15)16/h1-8H,(H2,15,16). The van der Waals surface area contributed by atoms with E-state index in [2.05, 4.69) is 0 Å². The van der Waals surface area contributed by atoms with Gasteiger partial charge in [0.1, 0.15) is 11.5 Å². The van der Waals surface area contributed by atoms with Gasteiger partial charge in [-0.2, -0.15) is 0 Å². The number of carbonyl (C=O) groups excluding carboxylic acids is 1. The summed E-state index contributed by atoms with van der Waals surface area (Å²) in [5, 5.41) is 0.608. The summed E-state index contributed by atoms with van der Waals surface area (Å²) in [6.45, 7) is 0. The number of rotatable bonds is 3. The molecule has 4 heteroatoms. The van der Waals surface area contributed by atoms with Gasteiger partial charge in [-0.25, -0.2) is 0 Å². The van der Waals surface area contributed by atoms with Gasteiger partial charge >= 0.3 is 0 Å². The maximum atomic E-state index is 10.9. The van der Waals surface area contributed by atoms with Crippen LogP contribution in [0.3, 0.4) is 0 Å². The quantitative estimate of drug-likeness (QED) is 0.905. The van der Waals surface area contributed by atoms with Gasteiger partial charge in [0.05, 0.1) is 0 Å². The SMILES string of the molecule is NC(=O)c1ccc(Oc2cccc(Cl)c2)cc1. The highest BCUT2D eigenvalue weighted by atomic mass is 35.5. The fourth-order valence-corrected chi connectivity index (χ4v) is 1.53. The molecule has 0 aliphatic rings. The minimum absolute atomic E-state index is 0.448. The number of ether oxygens (including phenoxy) is 1. The molecule has 3 nitrogen and oxygen atoms in total. The van der Waals surface area contributed by atoms with E-state index < -0.39 is 5.91 Å². The third-order valence-electron chi connectivity index (χ3n) is 2.17. The van der Waals surface area contributed by atoms with Crippen molar-refractivity contribution in [2.75, 3.05) is 0 Å². The topological polar surface area (TPSA) is 52.3 Å². The summed E-state index contributed by atoms with van der Waals surface area (Å²) in [5.41, 5.74) is 5.59. The first-order chi connectivity index (χ1) is 8.15. The first-order valence-corrected chi connectivity index (χ1v) is 5.36. The lowest BCUT2D eigenvalue weighted by Crippen LogP contribution is -2.10. The zero-order valence-corrected chi connectivity index (χ0v) is 9.65. The summed E-state index contributed by atoms with van der Waals surface area (Å²) >= 11 is 5.84. The molecule has 0 aromatic heterocycles. The van der Waals surface area contributed by atoms with E-state index in [1.165, 1.54) is 0 Å². The third-order valence-corrected chi connectivity index (χ3v) is 2.41. The second-order valence-electron chi connectivity index (χ2n) is 3.45. The van der Waals surface area contributed by atoms with Crippen LogP contribution >= 0.6 is 11.6 Å². The van der Waals surface area contributed by atoms with Crippen LogP contribution in [0.5, 0.6) is 11.5 Å². The Morgan fingerprint density at radius 2 is 1.76 bits per heavy atom. The molecule has 2 N–H and O–H groups in total. The molecule has 0 unspecified atom stereocenters. The fraction of sp³-hybridized carbons (Fsp3) is 0. The molecule has 2 aromatic carbocycles. The van der Waals surface area contributed by atoms with Crippen LogP contribution in [-0.2, 0) is 0 Å². The van der Waals surface area contributed by atoms with Crippen LogP contribution in [0.15, 0.2) is 48.5 Å². The van der Waals surface area contributed by atoms with Gasteiger partial charge in [0.2, 0.25) is 5.91 Å². The van der Waals surface area contributed by atoms with Crippen LogP contribution in [0.25, 0.3) is 0 Å². The summed E-state index contributed by atoms with van der Waals surface area (Å²) in [4.78, 5) is 10.9. The number of halogens is 1. The van der Waals surface area contributed by atoms with E-state index in [-0.39, 0.29) is 0 Å². The van der Waals surface area contributed by atoms with E-state index in [4.69, 9.17) is 22.1 Å². The number of nitrogens with two attached hydrogens (primary N) is 1. The first-order valence-electron chi connectivity index (χ1n) is 4.98. The number of primary amides is 1. The van der Waals surface area contributed by atoms with Crippen molar-refractivity contribution in [1.29, 1.82) is 0 Å². The van der Waals surface area contributed by atoms with E-state index in [9.17, 15) is 4.79 Å². The maximum Gasteiger partial charge on any atom is 0.248 e. The normalized spacial score (nSPS) is 9.94. The molecule has 2 rings (SSSR count). The highest BCUT2D eigenvalue weighted by molar-refractivity contribution is 6.30. The van der Waals surface area contributed by atoms with E-state index in [1.54, 1.807) is 48.5 Å². The smallest absolute Gasteiger partial charge is 0.248 e. The molecule has 0 saturated carbocycles. The van der Waals surface area contributed by atoms with Gasteiger partial charge in [0.15, 0.2) is 0 Å². The Kier molecular flexibility index (Phi) is 3.30. The summed E-state index contributed by atoms with van der Waals surface area (Å²) in [6, 6.07) is 13.7. The summed E-state index contributed by atoms with van der Waals surface area (Å²) in [5.74, 6) is 0.806. The molecule has 0 fully saturated rings. The Hall–Kier alpha value is -2.00. The molecule has 0 aliphatic carbocycles. The van der Waals surface area contributed by atoms with Crippen LogP contribution in [0, 0.1) is 0 Å². The molecule has 2 aromatic rings. The van der Waals surface area contributed by atoms with Gasteiger partial charge in [-0.05, 0) is 42.5 Å². The molecule has 0 spiro atoms. The summed E-state index contributed by atoms with van der Waals surface area (Å²) in [6.07, 6.45) is 0. The molecule has 1 amide bonds. The van der Waals surface area contributed by atoms with Crippen LogP contribution in [0.4, 0.5) is 0 Å². The highest BCUT2D eigenvalue weighted by Gasteiger charge is 2.01. The molecule has 0 heterocycles. The maximum absolute atomic E-state index is 10.9. The van der Waals surface area contributed by atoms with Gasteiger partial charge in [-0.3, -0.25) is 4.79 Å². The fourth-order valence-electron chi connectivity index (χ4n) is 1.35. The lowest BCUT2D eigenvalue weighted by molar-refractivity contribution is 0.100. The van der Waals surface area contributed by atoms with Crippen molar-refractivity contribution in [3.8, 4) is 11.5 Å². The van der Waals surface area contributed by atoms with Crippen LogP contribution in [-0.4, -0.2) is 5.91 Å². The number of amides is 1. The Morgan fingerprint density at radius 1 is 1.06 bits per heavy atom. The molecule has 0 saturated heterocycles. The Labute approximate surface area is 104 Å². The minimum atomic E-state index is -0.459. The monoisotopic (exact) mass is 247 g/mol. The van der Waals surface area contributed by atoms with Crippen molar-refractivity contribution in [2.24, 2.45) is 5.73 Å². The van der Waals surface area contributed by atoms with Crippen molar-refractivity contribution in [3.05, 3.63) is 59.1 Å². The van der Waals surface area contributed by atoms with Crippen molar-refractivity contribution < 1.29 is 9.53 Å². The Morgan fingerprint density at radius 3 is 2.35 bits per heavy atom. The van der Waals surface area contributed by atoms with Crippen LogP contribution in [0.1, 0.15) is 10.4 Å². The molecule has 0 bridgehead atoms. The molecule has 17 heavy (non-hydrogen) atoms. The van der Waals surface area contributed by atoms with Gasteiger partial charge in [0, 0.05) is 10.6 Å². The molecular weight excluding hydrogens is 238 g/mol. The number of hydrogen-bond acceptors (Lipinski definition) is 2.